The van der Waals surface area contributed by atoms with Crippen LogP contribution in [0.4, 0.5) is 0 Å². The summed E-state index contributed by atoms with van der Waals surface area (Å²) in [6.45, 7) is 0. The third kappa shape index (κ3) is 2.46. The Balaban J connectivity index is 1.69. The predicted molar refractivity (Wildman–Crippen MR) is 86.7 cm³/mol. The molecule has 2 atom stereocenters. The van der Waals surface area contributed by atoms with Crippen LogP contribution in [0.2, 0.25) is 0 Å². The molecule has 1 saturated carbocycles. The summed E-state index contributed by atoms with van der Waals surface area (Å²) in [5.41, 5.74) is 2.47. The Labute approximate surface area is 138 Å². The van der Waals surface area contributed by atoms with Crippen molar-refractivity contribution in [2.45, 2.75) is 31.7 Å². The molecule has 3 aromatic rings. The normalized spacial score (nSPS) is 18.8. The highest BCUT2D eigenvalue weighted by atomic mass is 16.1. The Morgan fingerprint density at radius 2 is 2.38 bits per heavy atom. The van der Waals surface area contributed by atoms with Gasteiger partial charge in [-0.05, 0) is 18.4 Å². The number of hydrogen-bond donors (Lipinski definition) is 1. The Bertz CT molecular complexity index is 934. The smallest absolute Gasteiger partial charge is 0.141 e. The van der Waals surface area contributed by atoms with E-state index in [1.54, 1.807) is 6.20 Å². The van der Waals surface area contributed by atoms with Gasteiger partial charge >= 0.3 is 0 Å². The number of aromatic amines is 1. The lowest BCUT2D eigenvalue weighted by Crippen LogP contribution is -2.18. The fourth-order valence-electron chi connectivity index (χ4n) is 3.49. The van der Waals surface area contributed by atoms with E-state index in [-0.39, 0.29) is 17.7 Å². The Morgan fingerprint density at radius 3 is 3.17 bits per heavy atom. The largest absolute Gasteiger partial charge is 0.346 e. The lowest BCUT2D eigenvalue weighted by atomic mass is 9.96. The second kappa shape index (κ2) is 5.89. The molecule has 120 valence electrons. The molecule has 3 aromatic heterocycles. The van der Waals surface area contributed by atoms with Crippen LogP contribution in [0.5, 0.6) is 0 Å². The van der Waals surface area contributed by atoms with Crippen molar-refractivity contribution >= 4 is 16.8 Å². The second-order valence-electron chi connectivity index (χ2n) is 6.14. The number of Topliss-reactive ketones (excluding diaryl/α,β-unsaturated/α-hetero) is 1. The Hall–Kier alpha value is -3.01. The number of hydrogen-bond acceptors (Lipinski definition) is 5. The van der Waals surface area contributed by atoms with Crippen LogP contribution in [0.25, 0.3) is 22.3 Å². The van der Waals surface area contributed by atoms with Gasteiger partial charge in [0.15, 0.2) is 0 Å². The molecule has 0 spiro atoms. The van der Waals surface area contributed by atoms with E-state index in [9.17, 15) is 4.79 Å². The Morgan fingerprint density at radius 1 is 1.46 bits per heavy atom. The minimum Gasteiger partial charge on any atom is -0.346 e. The van der Waals surface area contributed by atoms with Gasteiger partial charge in [0.2, 0.25) is 0 Å². The summed E-state index contributed by atoms with van der Waals surface area (Å²) in [6.07, 6.45) is 9.35. The summed E-state index contributed by atoms with van der Waals surface area (Å²) in [7, 11) is 0. The minimum atomic E-state index is -0.0706. The van der Waals surface area contributed by atoms with Crippen molar-refractivity contribution in [1.29, 1.82) is 5.26 Å². The van der Waals surface area contributed by atoms with E-state index in [2.05, 4.69) is 26.1 Å². The van der Waals surface area contributed by atoms with Gasteiger partial charge < -0.3 is 4.98 Å². The topological polar surface area (TPSA) is 100 Å². The number of fused-ring (bicyclic) bond motifs is 1. The molecule has 1 unspecified atom stereocenters. The van der Waals surface area contributed by atoms with Crippen LogP contribution in [0.1, 0.15) is 31.7 Å². The van der Waals surface area contributed by atoms with Crippen LogP contribution in [0.15, 0.2) is 31.0 Å². The number of ketones is 1. The molecule has 0 radical (unpaired) electrons. The first-order chi connectivity index (χ1) is 11.8. The van der Waals surface area contributed by atoms with Crippen LogP contribution in [0.3, 0.4) is 0 Å². The van der Waals surface area contributed by atoms with E-state index >= 15 is 0 Å². The lowest BCUT2D eigenvalue weighted by molar-refractivity contribution is -0.117. The third-order valence-corrected chi connectivity index (χ3v) is 4.70. The van der Waals surface area contributed by atoms with Gasteiger partial charge in [-0.2, -0.15) is 10.4 Å². The van der Waals surface area contributed by atoms with Crippen molar-refractivity contribution in [2.24, 2.45) is 5.92 Å². The number of nitrogens with one attached hydrogen (secondary N) is 1. The average molecular weight is 320 g/mol. The number of nitrogens with zero attached hydrogens (tertiary/aromatic N) is 5. The van der Waals surface area contributed by atoms with Crippen molar-refractivity contribution in [1.82, 2.24) is 24.7 Å². The first-order valence-electron chi connectivity index (χ1n) is 7.97. The summed E-state index contributed by atoms with van der Waals surface area (Å²) in [5, 5.41) is 14.6. The maximum Gasteiger partial charge on any atom is 0.141 e. The van der Waals surface area contributed by atoms with Crippen LogP contribution in [-0.4, -0.2) is 30.5 Å². The monoisotopic (exact) mass is 320 g/mol. The Kier molecular flexibility index (Phi) is 3.58. The van der Waals surface area contributed by atoms with Crippen molar-refractivity contribution in [3.05, 3.63) is 31.0 Å². The number of carbonyl (C=O) groups is 1. The van der Waals surface area contributed by atoms with Crippen LogP contribution >= 0.6 is 0 Å². The molecule has 0 aliphatic heterocycles. The second-order valence-corrected chi connectivity index (χ2v) is 6.14. The summed E-state index contributed by atoms with van der Waals surface area (Å²) in [4.78, 5) is 23.2. The summed E-state index contributed by atoms with van der Waals surface area (Å²) >= 11 is 0. The first kappa shape index (κ1) is 14.6. The summed E-state index contributed by atoms with van der Waals surface area (Å²) in [6, 6.07) is 4.09. The molecule has 7 heteroatoms. The third-order valence-electron chi connectivity index (χ3n) is 4.70. The van der Waals surface area contributed by atoms with E-state index in [0.29, 0.717) is 19.3 Å². The zero-order valence-corrected chi connectivity index (χ0v) is 13.0. The van der Waals surface area contributed by atoms with Crippen LogP contribution < -0.4 is 0 Å². The van der Waals surface area contributed by atoms with Crippen LogP contribution in [0, 0.1) is 17.2 Å². The molecule has 0 saturated heterocycles. The molecular formula is C17H16N6O. The molecule has 1 N–H and O–H groups in total. The highest BCUT2D eigenvalue weighted by Gasteiger charge is 2.31. The van der Waals surface area contributed by atoms with E-state index in [0.717, 1.165) is 28.7 Å². The van der Waals surface area contributed by atoms with Gasteiger partial charge in [0, 0.05) is 36.2 Å². The highest BCUT2D eigenvalue weighted by molar-refractivity contribution is 5.90. The molecule has 0 bridgehead atoms. The van der Waals surface area contributed by atoms with Gasteiger partial charge in [-0.1, -0.05) is 0 Å². The standard InChI is InChI=1S/C17H16N6O/c18-5-3-15(11-1-2-13(24)7-11)23-9-12(8-22-23)16-14-4-6-19-17(14)21-10-20-16/h4,6,8-11,15H,1-3,7H2,(H,19,20,21)/t11-,15?/m1/s1. The van der Waals surface area contributed by atoms with E-state index in [1.807, 2.05) is 23.1 Å². The fraction of sp³-hybridized carbons (Fsp3) is 0.353. The van der Waals surface area contributed by atoms with Gasteiger partial charge in [-0.3, -0.25) is 9.48 Å². The van der Waals surface area contributed by atoms with Crippen molar-refractivity contribution < 1.29 is 4.79 Å². The maximum atomic E-state index is 11.6. The van der Waals surface area contributed by atoms with Gasteiger partial charge in [0.1, 0.15) is 17.8 Å². The molecule has 1 aliphatic rings. The molecule has 3 heterocycles. The van der Waals surface area contributed by atoms with E-state index < -0.39 is 0 Å². The zero-order chi connectivity index (χ0) is 16.5. The van der Waals surface area contributed by atoms with Crippen molar-refractivity contribution in [2.75, 3.05) is 0 Å². The molecule has 1 fully saturated rings. The van der Waals surface area contributed by atoms with Crippen LogP contribution in [-0.2, 0) is 4.79 Å². The molecule has 4 rings (SSSR count). The first-order valence-corrected chi connectivity index (χ1v) is 7.97. The zero-order valence-electron chi connectivity index (χ0n) is 13.0. The van der Waals surface area contributed by atoms with Crippen molar-refractivity contribution in [3.63, 3.8) is 0 Å². The SMILES string of the molecule is N#CCC([C@@H]1CCC(=O)C1)n1cc(-c2ncnc3[nH]ccc23)cn1. The predicted octanol–water partition coefficient (Wildman–Crippen LogP) is 2.65. The minimum absolute atomic E-state index is 0.0706. The summed E-state index contributed by atoms with van der Waals surface area (Å²) < 4.78 is 1.82. The summed E-state index contributed by atoms with van der Waals surface area (Å²) in [5.74, 6) is 0.461. The maximum absolute atomic E-state index is 11.6. The van der Waals surface area contributed by atoms with Gasteiger partial charge in [0.05, 0.1) is 30.4 Å². The average Bonchev–Trinajstić information content (AvgIpc) is 3.32. The number of nitriles is 1. The lowest BCUT2D eigenvalue weighted by Gasteiger charge is -2.20. The quantitative estimate of drug-likeness (QED) is 0.796. The van der Waals surface area contributed by atoms with Crippen molar-refractivity contribution in [3.8, 4) is 17.3 Å². The molecule has 0 amide bonds. The molecule has 24 heavy (non-hydrogen) atoms. The van der Waals surface area contributed by atoms with E-state index in [1.165, 1.54) is 6.33 Å². The van der Waals surface area contributed by atoms with Gasteiger partial charge in [0.25, 0.3) is 0 Å². The highest BCUT2D eigenvalue weighted by Crippen LogP contribution is 2.35. The molecule has 0 aromatic carbocycles. The molecule has 1 aliphatic carbocycles. The molecular weight excluding hydrogens is 304 g/mol. The number of carbonyl (C=O) groups excluding carboxylic acids is 1. The molecule has 7 nitrogen and oxygen atoms in total. The number of H-pyrrole nitrogens is 1. The fourth-order valence-corrected chi connectivity index (χ4v) is 3.49. The van der Waals surface area contributed by atoms with E-state index in [4.69, 9.17) is 5.26 Å². The van der Waals surface area contributed by atoms with Gasteiger partial charge in [-0.15, -0.1) is 0 Å². The number of aromatic nitrogens is 5. The number of rotatable bonds is 4. The van der Waals surface area contributed by atoms with Gasteiger partial charge in [-0.25, -0.2) is 9.97 Å².